The zero-order chi connectivity index (χ0) is 20.3. The van der Waals surface area contributed by atoms with Crippen LogP contribution in [0.2, 0.25) is 0 Å². The molecule has 3 rings (SSSR count). The number of benzene rings is 1. The second kappa shape index (κ2) is 8.10. The molecule has 1 aliphatic heterocycles. The van der Waals surface area contributed by atoms with E-state index in [-0.39, 0.29) is 12.5 Å². The van der Waals surface area contributed by atoms with Crippen molar-refractivity contribution in [1.82, 2.24) is 0 Å². The van der Waals surface area contributed by atoms with Gasteiger partial charge < -0.3 is 19.7 Å². The number of amides is 2. The molecule has 2 heterocycles. The van der Waals surface area contributed by atoms with E-state index in [4.69, 9.17) is 14.7 Å². The molecule has 0 radical (unpaired) electrons. The van der Waals surface area contributed by atoms with Gasteiger partial charge in [0, 0.05) is 6.92 Å². The number of anilines is 2. The quantitative estimate of drug-likeness (QED) is 0.790. The van der Waals surface area contributed by atoms with Crippen LogP contribution < -0.4 is 15.0 Å². The number of carbonyl (C=O) groups excluding carboxylic acids is 3. The van der Waals surface area contributed by atoms with Crippen LogP contribution in [0.4, 0.5) is 10.7 Å². The summed E-state index contributed by atoms with van der Waals surface area (Å²) in [5, 5.41) is 13.6. The Labute approximate surface area is 165 Å². The third-order valence-electron chi connectivity index (χ3n) is 4.10. The Bertz CT molecular complexity index is 964. The minimum atomic E-state index is -1.10. The molecule has 1 aromatic carbocycles. The van der Waals surface area contributed by atoms with Gasteiger partial charge in [-0.2, -0.15) is 5.26 Å². The molecule has 144 valence electrons. The predicted octanol–water partition coefficient (Wildman–Crippen LogP) is 2.30. The maximum atomic E-state index is 12.5. The number of para-hydroxylation sites is 2. The van der Waals surface area contributed by atoms with Crippen LogP contribution in [0.5, 0.6) is 5.75 Å². The predicted molar refractivity (Wildman–Crippen MR) is 102 cm³/mol. The van der Waals surface area contributed by atoms with Gasteiger partial charge in [0.15, 0.2) is 6.10 Å². The lowest BCUT2D eigenvalue weighted by atomic mass is 10.2. The fourth-order valence-electron chi connectivity index (χ4n) is 2.67. The van der Waals surface area contributed by atoms with Crippen molar-refractivity contribution >= 4 is 39.8 Å². The molecule has 2 atom stereocenters. The van der Waals surface area contributed by atoms with Crippen molar-refractivity contribution in [3.8, 4) is 11.8 Å². The SMILES string of the molecule is CC(=O)N1C[C@H](C(=O)O[C@@H](C)C(=O)Nc2sccc2C#N)Oc2ccccc21. The lowest BCUT2D eigenvalue weighted by molar-refractivity contribution is -0.160. The Balaban J connectivity index is 1.66. The summed E-state index contributed by atoms with van der Waals surface area (Å²) >= 11 is 1.20. The number of fused-ring (bicyclic) bond motifs is 1. The smallest absolute Gasteiger partial charge is 0.350 e. The van der Waals surface area contributed by atoms with E-state index in [1.165, 1.54) is 30.1 Å². The fourth-order valence-corrected chi connectivity index (χ4v) is 3.41. The maximum Gasteiger partial charge on any atom is 0.350 e. The topological polar surface area (TPSA) is 109 Å². The summed E-state index contributed by atoms with van der Waals surface area (Å²) in [7, 11) is 0. The second-order valence-electron chi connectivity index (χ2n) is 6.05. The van der Waals surface area contributed by atoms with Crippen molar-refractivity contribution in [1.29, 1.82) is 5.26 Å². The molecule has 0 fully saturated rings. The van der Waals surface area contributed by atoms with Crippen molar-refractivity contribution in [2.24, 2.45) is 0 Å². The lowest BCUT2D eigenvalue weighted by Crippen LogP contribution is -2.48. The van der Waals surface area contributed by atoms with Crippen LogP contribution in [-0.2, 0) is 19.1 Å². The van der Waals surface area contributed by atoms with E-state index >= 15 is 0 Å². The molecule has 0 aliphatic carbocycles. The molecular weight excluding hydrogens is 382 g/mol. The Kier molecular flexibility index (Phi) is 5.61. The average molecular weight is 399 g/mol. The minimum absolute atomic E-state index is 0.0109. The minimum Gasteiger partial charge on any atom is -0.475 e. The number of hydrogen-bond acceptors (Lipinski definition) is 7. The Morgan fingerprint density at radius 1 is 1.36 bits per heavy atom. The van der Waals surface area contributed by atoms with Gasteiger partial charge in [0.2, 0.25) is 12.0 Å². The summed E-state index contributed by atoms with van der Waals surface area (Å²) in [6.45, 7) is 2.81. The first-order valence-electron chi connectivity index (χ1n) is 8.43. The highest BCUT2D eigenvalue weighted by Crippen LogP contribution is 2.33. The van der Waals surface area contributed by atoms with E-state index in [1.807, 2.05) is 6.07 Å². The van der Waals surface area contributed by atoms with E-state index in [9.17, 15) is 14.4 Å². The van der Waals surface area contributed by atoms with Crippen molar-refractivity contribution < 1.29 is 23.9 Å². The number of thiophene rings is 1. The molecule has 1 N–H and O–H groups in total. The number of rotatable bonds is 4. The van der Waals surface area contributed by atoms with E-state index in [2.05, 4.69) is 5.32 Å². The summed E-state index contributed by atoms with van der Waals surface area (Å²) in [5.41, 5.74) is 0.910. The van der Waals surface area contributed by atoms with Crippen LogP contribution in [0.1, 0.15) is 19.4 Å². The Morgan fingerprint density at radius 3 is 2.82 bits per heavy atom. The van der Waals surface area contributed by atoms with Crippen molar-refractivity contribution in [3.63, 3.8) is 0 Å². The molecule has 0 saturated carbocycles. The van der Waals surface area contributed by atoms with Crippen LogP contribution in [0.15, 0.2) is 35.7 Å². The molecule has 2 amide bonds. The molecule has 0 unspecified atom stereocenters. The Hall–Kier alpha value is -3.38. The van der Waals surface area contributed by atoms with Gasteiger partial charge in [0.25, 0.3) is 5.91 Å². The van der Waals surface area contributed by atoms with Gasteiger partial charge in [-0.05, 0) is 30.5 Å². The van der Waals surface area contributed by atoms with Gasteiger partial charge in [-0.1, -0.05) is 12.1 Å². The van der Waals surface area contributed by atoms with Crippen LogP contribution >= 0.6 is 11.3 Å². The first-order chi connectivity index (χ1) is 13.4. The van der Waals surface area contributed by atoms with Crippen LogP contribution in [0.3, 0.4) is 0 Å². The summed E-state index contributed by atoms with van der Waals surface area (Å²) in [5.74, 6) is -1.16. The molecule has 0 saturated heterocycles. The molecule has 1 aliphatic rings. The van der Waals surface area contributed by atoms with Gasteiger partial charge in [-0.15, -0.1) is 11.3 Å². The number of esters is 1. The van der Waals surface area contributed by atoms with E-state index in [0.29, 0.717) is 22.0 Å². The summed E-state index contributed by atoms with van der Waals surface area (Å²) in [6.07, 6.45) is -2.15. The third-order valence-corrected chi connectivity index (χ3v) is 4.93. The lowest BCUT2D eigenvalue weighted by Gasteiger charge is -2.33. The largest absolute Gasteiger partial charge is 0.475 e. The highest BCUT2D eigenvalue weighted by atomic mass is 32.1. The van der Waals surface area contributed by atoms with E-state index < -0.39 is 24.1 Å². The number of carbonyl (C=O) groups is 3. The van der Waals surface area contributed by atoms with Crippen molar-refractivity contribution in [2.45, 2.75) is 26.1 Å². The van der Waals surface area contributed by atoms with Gasteiger partial charge >= 0.3 is 5.97 Å². The highest BCUT2D eigenvalue weighted by Gasteiger charge is 2.35. The highest BCUT2D eigenvalue weighted by molar-refractivity contribution is 7.14. The number of hydrogen-bond donors (Lipinski definition) is 1. The van der Waals surface area contributed by atoms with Gasteiger partial charge in [0.1, 0.15) is 16.8 Å². The third kappa shape index (κ3) is 3.97. The summed E-state index contributed by atoms with van der Waals surface area (Å²) in [4.78, 5) is 38.1. The first kappa shape index (κ1) is 19.4. The molecule has 1 aromatic heterocycles. The molecule has 0 bridgehead atoms. The Morgan fingerprint density at radius 2 is 2.11 bits per heavy atom. The van der Waals surface area contributed by atoms with Crippen LogP contribution in [0.25, 0.3) is 0 Å². The maximum absolute atomic E-state index is 12.5. The van der Waals surface area contributed by atoms with Gasteiger partial charge in [-0.25, -0.2) is 4.79 Å². The van der Waals surface area contributed by atoms with Crippen LogP contribution in [0, 0.1) is 11.3 Å². The van der Waals surface area contributed by atoms with Crippen molar-refractivity contribution in [2.75, 3.05) is 16.8 Å². The molecule has 28 heavy (non-hydrogen) atoms. The standard InChI is InChI=1S/C19H17N3O5S/c1-11(17(24)21-18-13(9-20)7-8-28-18)26-19(25)16-10-22(12(2)23)14-5-3-4-6-15(14)27-16/h3-8,11,16H,10H2,1-2H3,(H,21,24)/t11-,16+/m0/s1. The van der Waals surface area contributed by atoms with E-state index in [0.717, 1.165) is 0 Å². The number of nitrogens with zero attached hydrogens (tertiary/aromatic N) is 2. The molecule has 0 spiro atoms. The zero-order valence-corrected chi connectivity index (χ0v) is 16.0. The summed E-state index contributed by atoms with van der Waals surface area (Å²) in [6, 6.07) is 10.4. The molecular formula is C19H17N3O5S. The van der Waals surface area contributed by atoms with Gasteiger partial charge in [0.05, 0.1) is 17.8 Å². The number of ether oxygens (including phenoxy) is 2. The molecule has 8 nitrogen and oxygen atoms in total. The average Bonchev–Trinajstić information content (AvgIpc) is 3.13. The zero-order valence-electron chi connectivity index (χ0n) is 15.2. The summed E-state index contributed by atoms with van der Waals surface area (Å²) < 4.78 is 10.9. The first-order valence-corrected chi connectivity index (χ1v) is 9.31. The van der Waals surface area contributed by atoms with E-state index in [1.54, 1.807) is 35.7 Å². The molecule has 9 heteroatoms. The normalized spacial score (nSPS) is 16.2. The number of nitriles is 1. The fraction of sp³-hybridized carbons (Fsp3) is 0.263. The monoisotopic (exact) mass is 399 g/mol. The second-order valence-corrected chi connectivity index (χ2v) is 6.96. The number of nitrogens with one attached hydrogen (secondary N) is 1. The molecule has 2 aromatic rings. The van der Waals surface area contributed by atoms with Crippen LogP contribution in [-0.4, -0.2) is 36.5 Å². The van der Waals surface area contributed by atoms with Crippen molar-refractivity contribution in [3.05, 3.63) is 41.3 Å². The van der Waals surface area contributed by atoms with Gasteiger partial charge in [-0.3, -0.25) is 9.59 Å².